The van der Waals surface area contributed by atoms with Crippen LogP contribution in [-0.4, -0.2) is 76.5 Å². The molecule has 65 heavy (non-hydrogen) atoms. The van der Waals surface area contributed by atoms with Crippen molar-refractivity contribution >= 4 is 23.2 Å². The van der Waals surface area contributed by atoms with Crippen LogP contribution in [0.3, 0.4) is 0 Å². The number of ether oxygens (including phenoxy) is 5. The van der Waals surface area contributed by atoms with Gasteiger partial charge in [-0.1, -0.05) is 30.1 Å². The van der Waals surface area contributed by atoms with Crippen LogP contribution in [0.4, 0.5) is 0 Å². The maximum absolute atomic E-state index is 12.8. The van der Waals surface area contributed by atoms with Crippen molar-refractivity contribution in [3.8, 4) is 52.8 Å². The lowest BCUT2D eigenvalue weighted by atomic mass is 10.2. The molecule has 0 aliphatic rings. The van der Waals surface area contributed by atoms with Crippen molar-refractivity contribution in [2.75, 3.05) is 21.3 Å². The Morgan fingerprint density at radius 1 is 0.662 bits per heavy atom. The van der Waals surface area contributed by atoms with Crippen LogP contribution < -0.4 is 34.8 Å². The van der Waals surface area contributed by atoms with Crippen molar-refractivity contribution < 1.29 is 28.8 Å². The number of aliphatic hydroxyl groups is 1. The summed E-state index contributed by atoms with van der Waals surface area (Å²) >= 11 is 11.8. The van der Waals surface area contributed by atoms with Gasteiger partial charge in [-0.2, -0.15) is 15.6 Å². The average Bonchev–Trinajstić information content (AvgIpc) is 3.33. The summed E-state index contributed by atoms with van der Waals surface area (Å²) in [5.41, 5.74) is 2.86. The number of aryl methyl sites for hydroxylation is 3. The largest absolute Gasteiger partial charge is 0.480 e. The van der Waals surface area contributed by atoms with Gasteiger partial charge in [0.1, 0.15) is 11.5 Å². The first-order chi connectivity index (χ1) is 31.3. The molecule has 0 aliphatic carbocycles. The molecule has 7 aromatic rings. The molecule has 0 atom stereocenters. The minimum atomic E-state index is -0.390. The monoisotopic (exact) mass is 922 g/mol. The highest BCUT2D eigenvalue weighted by Gasteiger charge is 2.14. The molecule has 0 fully saturated rings. The van der Waals surface area contributed by atoms with Crippen LogP contribution in [0, 0.1) is 36.5 Å². The van der Waals surface area contributed by atoms with Crippen LogP contribution in [0.2, 0.25) is 10.0 Å². The Balaban J connectivity index is 0.000000208. The van der Waals surface area contributed by atoms with Gasteiger partial charge >= 0.3 is 0 Å². The van der Waals surface area contributed by atoms with Gasteiger partial charge in [-0.05, 0) is 74.9 Å². The van der Waals surface area contributed by atoms with E-state index in [1.165, 1.54) is 67.8 Å². The normalized spacial score (nSPS) is 9.89. The number of nitrogens with one attached hydrogen (secondary N) is 1. The summed E-state index contributed by atoms with van der Waals surface area (Å²) in [6, 6.07) is 23.4. The van der Waals surface area contributed by atoms with Gasteiger partial charge in [0.05, 0.1) is 98.9 Å². The number of nitriles is 2. The number of benzene rings is 2. The summed E-state index contributed by atoms with van der Waals surface area (Å²) in [6.45, 7) is 5.43. The third kappa shape index (κ3) is 15.4. The zero-order valence-electron chi connectivity index (χ0n) is 35.7. The summed E-state index contributed by atoms with van der Waals surface area (Å²) < 4.78 is 27.0. The average molecular weight is 924 g/mol. The maximum atomic E-state index is 12.8. The second-order valence-electron chi connectivity index (χ2n) is 12.7. The number of aromatic nitrogens is 10. The van der Waals surface area contributed by atoms with E-state index in [2.05, 4.69) is 45.5 Å². The quantitative estimate of drug-likeness (QED) is 0.147. The van der Waals surface area contributed by atoms with E-state index >= 15 is 0 Å². The van der Waals surface area contributed by atoms with E-state index in [0.717, 1.165) is 12.1 Å². The van der Waals surface area contributed by atoms with Gasteiger partial charge in [0, 0.05) is 28.2 Å². The van der Waals surface area contributed by atoms with Crippen LogP contribution in [0.1, 0.15) is 46.5 Å². The van der Waals surface area contributed by atoms with E-state index in [1.54, 1.807) is 45.2 Å². The van der Waals surface area contributed by atoms with Crippen LogP contribution in [-0.2, 0) is 19.6 Å². The third-order valence-electron chi connectivity index (χ3n) is 8.17. The number of rotatable bonds is 11. The zero-order chi connectivity index (χ0) is 47.3. The predicted molar refractivity (Wildman–Crippen MR) is 235 cm³/mol. The molecule has 5 aromatic heterocycles. The second kappa shape index (κ2) is 25.2. The molecule has 0 saturated carbocycles. The van der Waals surface area contributed by atoms with Gasteiger partial charge in [-0.3, -0.25) is 14.2 Å². The van der Waals surface area contributed by atoms with Gasteiger partial charge in [-0.15, -0.1) is 25.5 Å². The fourth-order valence-corrected chi connectivity index (χ4v) is 5.34. The summed E-state index contributed by atoms with van der Waals surface area (Å²) in [7, 11) is 4.59. The van der Waals surface area contributed by atoms with E-state index in [4.69, 9.17) is 62.5 Å². The lowest BCUT2D eigenvalue weighted by Crippen LogP contribution is -2.23. The molecule has 20 nitrogen and oxygen atoms in total. The number of methoxy groups -OCH3 is 3. The highest BCUT2D eigenvalue weighted by Crippen LogP contribution is 2.27. The summed E-state index contributed by atoms with van der Waals surface area (Å²) in [5.74, 6) is 2.14. The van der Waals surface area contributed by atoms with Gasteiger partial charge in [-0.25, -0.2) is 9.97 Å². The first kappa shape index (κ1) is 49.6. The summed E-state index contributed by atoms with van der Waals surface area (Å²) in [4.78, 5) is 34.9. The molecule has 0 spiro atoms. The lowest BCUT2D eigenvalue weighted by molar-refractivity contribution is 0.274. The summed E-state index contributed by atoms with van der Waals surface area (Å²) in [5, 5.41) is 50.0. The Kier molecular flexibility index (Phi) is 19.2. The molecule has 7 rings (SSSR count). The number of H-pyrrole nitrogens is 1. The van der Waals surface area contributed by atoms with E-state index in [-0.39, 0.29) is 36.0 Å². The van der Waals surface area contributed by atoms with E-state index in [0.29, 0.717) is 67.3 Å². The van der Waals surface area contributed by atoms with Crippen molar-refractivity contribution in [2.45, 2.75) is 40.3 Å². The van der Waals surface area contributed by atoms with Crippen LogP contribution >= 0.6 is 23.2 Å². The fourth-order valence-electron chi connectivity index (χ4n) is 4.89. The Hall–Kier alpha value is -8.04. The number of aromatic amines is 1. The van der Waals surface area contributed by atoms with Gasteiger partial charge < -0.3 is 33.8 Å². The Bertz CT molecular complexity index is 2760. The zero-order valence-corrected chi connectivity index (χ0v) is 37.2. The van der Waals surface area contributed by atoms with E-state index in [9.17, 15) is 9.59 Å². The Labute approximate surface area is 381 Å². The Morgan fingerprint density at radius 2 is 1.14 bits per heavy atom. The van der Waals surface area contributed by atoms with Gasteiger partial charge in [0.15, 0.2) is 0 Å². The summed E-state index contributed by atoms with van der Waals surface area (Å²) in [6.07, 6.45) is 3.62. The molecule has 0 unspecified atom stereocenters. The molecule has 0 aliphatic heterocycles. The first-order valence-electron chi connectivity index (χ1n) is 18.9. The molecule has 0 saturated heterocycles. The van der Waals surface area contributed by atoms with Crippen LogP contribution in [0.15, 0.2) is 95.0 Å². The maximum Gasteiger partial charge on any atom is 0.296 e. The number of halogens is 2. The minimum absolute atomic E-state index is 0.0464. The van der Waals surface area contributed by atoms with Crippen molar-refractivity contribution in [3.63, 3.8) is 0 Å². The van der Waals surface area contributed by atoms with Gasteiger partial charge in [0.25, 0.3) is 11.1 Å². The Morgan fingerprint density at radius 3 is 1.57 bits per heavy atom. The number of nitrogens with zero attached hydrogens (tertiary/aromatic N) is 11. The lowest BCUT2D eigenvalue weighted by Gasteiger charge is -2.11. The second-order valence-corrected chi connectivity index (χ2v) is 13.6. The highest BCUT2D eigenvalue weighted by atomic mass is 35.5. The highest BCUT2D eigenvalue weighted by molar-refractivity contribution is 6.31. The number of aliphatic hydroxyl groups excluding tert-OH is 1. The molecule has 0 radical (unpaired) electrons. The fraction of sp³-hybridized carbons (Fsp3) is 0.209. The first-order valence-corrected chi connectivity index (χ1v) is 19.7. The molecule has 2 N–H and O–H groups in total. The van der Waals surface area contributed by atoms with Crippen LogP contribution in [0.5, 0.6) is 40.6 Å². The van der Waals surface area contributed by atoms with Crippen molar-refractivity contribution in [3.05, 3.63) is 156 Å². The van der Waals surface area contributed by atoms with Crippen molar-refractivity contribution in [1.29, 1.82) is 10.5 Å². The van der Waals surface area contributed by atoms with E-state index in [1.807, 2.05) is 31.2 Å². The molecule has 2 aromatic carbocycles. The molecule has 5 heterocycles. The van der Waals surface area contributed by atoms with Crippen molar-refractivity contribution in [2.24, 2.45) is 0 Å². The minimum Gasteiger partial charge on any atom is -0.480 e. The van der Waals surface area contributed by atoms with E-state index < -0.39 is 5.56 Å². The van der Waals surface area contributed by atoms with Crippen molar-refractivity contribution in [1.82, 2.24) is 50.1 Å². The molecule has 0 bridgehead atoms. The third-order valence-corrected chi connectivity index (χ3v) is 8.61. The standard InChI is InChI=1S/C18H14ClN5O3.C12H8ClN3O2.C7H10N2O.C6H8N2O2/c1-11-17(27-15-6-12(8-20)5-13(19)7-15)18(25)24(10-21-11)9-14-3-4-16(26-2)23-22-14;1-7-11(12(17)16-6-15-7)18-10-3-8(5-14)2-9(13)4-10;1-3-6-4-5-7(10-2)9-8-6;1-10-6-3-2-5(4-9)7-8-6/h3-7,10H,9H2,1-2H3;2-4,6H,1H3,(H,15,16,17);4-5H,3H2,1-2H3;2-3,9H,4H2,1H3. The number of hydrogen-bond acceptors (Lipinski definition) is 18. The molecule has 22 heteroatoms. The SMILES string of the molecule is CCc1ccc(OC)nn1.COc1ccc(CO)nn1.COc1ccc(Cn2cnc(C)c(Oc3cc(Cl)cc(C#N)c3)c2=O)nn1.Cc1nc[nH]c(=O)c1Oc1cc(Cl)cc(C#N)c1. The molecule has 334 valence electrons. The predicted octanol–water partition coefficient (Wildman–Crippen LogP) is 6.14. The number of hydrogen-bond donors (Lipinski definition) is 2. The smallest absolute Gasteiger partial charge is 0.296 e. The molecular weight excluding hydrogens is 883 g/mol. The molecular formula is C43H40Cl2N12O8. The van der Waals surface area contributed by atoms with Gasteiger partial charge in [0.2, 0.25) is 29.1 Å². The topological polar surface area (TPSA) is 272 Å². The van der Waals surface area contributed by atoms with Crippen LogP contribution in [0.25, 0.3) is 0 Å². The molecule has 0 amide bonds.